The van der Waals surface area contributed by atoms with Crippen LogP contribution in [0.1, 0.15) is 15.9 Å². The van der Waals surface area contributed by atoms with Gasteiger partial charge in [0.2, 0.25) is 0 Å². The van der Waals surface area contributed by atoms with E-state index in [2.05, 4.69) is 0 Å². The van der Waals surface area contributed by atoms with Gasteiger partial charge < -0.3 is 4.90 Å². The van der Waals surface area contributed by atoms with E-state index in [0.717, 1.165) is 23.8 Å². The van der Waals surface area contributed by atoms with Crippen LogP contribution >= 0.6 is 0 Å². The lowest BCUT2D eigenvalue weighted by atomic mass is 10.1. The molecule has 21 heavy (non-hydrogen) atoms. The first-order valence-electron chi connectivity index (χ1n) is 6.19. The zero-order valence-corrected chi connectivity index (χ0v) is 11.5. The molecule has 0 radical (unpaired) electrons. The average Bonchev–Trinajstić information content (AvgIpc) is 2.46. The summed E-state index contributed by atoms with van der Waals surface area (Å²) in [6.07, 6.45) is 0. The molecule has 0 aromatic heterocycles. The molecule has 2 aromatic rings. The first-order valence-corrected chi connectivity index (χ1v) is 6.19. The third kappa shape index (κ3) is 2.89. The largest absolute Gasteiger partial charge is 0.311 e. The van der Waals surface area contributed by atoms with Crippen molar-refractivity contribution in [1.82, 2.24) is 0 Å². The van der Waals surface area contributed by atoms with E-state index in [4.69, 9.17) is 0 Å². The van der Waals surface area contributed by atoms with Crippen LogP contribution in [0, 0.1) is 22.9 Å². The van der Waals surface area contributed by atoms with Gasteiger partial charge in [0.05, 0.1) is 10.5 Å². The number of hydrogen-bond donors (Lipinski definition) is 0. The number of nitro groups is 1. The fourth-order valence-corrected chi connectivity index (χ4v) is 2.02. The Kier molecular flexibility index (Phi) is 3.98. The fourth-order valence-electron chi connectivity index (χ4n) is 2.02. The Labute approximate surface area is 120 Å². The lowest BCUT2D eigenvalue weighted by Gasteiger charge is -2.19. The molecule has 0 atom stereocenters. The van der Waals surface area contributed by atoms with Crippen LogP contribution in [0.4, 0.5) is 15.8 Å². The van der Waals surface area contributed by atoms with Crippen molar-refractivity contribution in [2.24, 2.45) is 0 Å². The van der Waals surface area contributed by atoms with Crippen LogP contribution in [0.5, 0.6) is 0 Å². The third-order valence-corrected chi connectivity index (χ3v) is 3.17. The number of carbonyl (C=O) groups excluding carboxylic acids is 1. The molecule has 0 bridgehead atoms. The summed E-state index contributed by atoms with van der Waals surface area (Å²) in [4.78, 5) is 23.7. The summed E-state index contributed by atoms with van der Waals surface area (Å²) in [5.74, 6) is -1.42. The zero-order valence-electron chi connectivity index (χ0n) is 11.5. The van der Waals surface area contributed by atoms with Gasteiger partial charge >= 0.3 is 0 Å². The van der Waals surface area contributed by atoms with Crippen LogP contribution in [0.3, 0.4) is 0 Å². The summed E-state index contributed by atoms with van der Waals surface area (Å²) < 4.78 is 13.8. The van der Waals surface area contributed by atoms with Crippen LogP contribution in [0.15, 0.2) is 42.5 Å². The minimum atomic E-state index is -0.786. The number of rotatable bonds is 3. The van der Waals surface area contributed by atoms with E-state index in [-0.39, 0.29) is 11.3 Å². The number of carbonyl (C=O) groups is 1. The van der Waals surface area contributed by atoms with Crippen LogP contribution in [-0.4, -0.2) is 17.9 Å². The SMILES string of the molecule is Cc1ccccc1N(C)C(=O)c1cc([N+](=O)[O-])ccc1F. The second-order valence-corrected chi connectivity index (χ2v) is 4.57. The summed E-state index contributed by atoms with van der Waals surface area (Å²) in [5, 5.41) is 10.7. The second kappa shape index (κ2) is 5.70. The Morgan fingerprint density at radius 3 is 2.52 bits per heavy atom. The van der Waals surface area contributed by atoms with Crippen molar-refractivity contribution in [3.8, 4) is 0 Å². The van der Waals surface area contributed by atoms with E-state index in [9.17, 15) is 19.3 Å². The van der Waals surface area contributed by atoms with Crippen molar-refractivity contribution in [3.63, 3.8) is 0 Å². The van der Waals surface area contributed by atoms with E-state index < -0.39 is 16.6 Å². The second-order valence-electron chi connectivity index (χ2n) is 4.57. The van der Waals surface area contributed by atoms with Gasteiger partial charge in [-0.15, -0.1) is 0 Å². The molecule has 0 fully saturated rings. The van der Waals surface area contributed by atoms with Gasteiger partial charge in [-0.1, -0.05) is 18.2 Å². The van der Waals surface area contributed by atoms with Crippen molar-refractivity contribution in [2.75, 3.05) is 11.9 Å². The third-order valence-electron chi connectivity index (χ3n) is 3.17. The Morgan fingerprint density at radius 2 is 1.90 bits per heavy atom. The number of halogens is 1. The molecule has 6 heteroatoms. The average molecular weight is 288 g/mol. The first-order chi connectivity index (χ1) is 9.91. The maximum atomic E-state index is 13.8. The smallest absolute Gasteiger partial charge is 0.270 e. The minimum absolute atomic E-state index is 0.321. The molecule has 0 saturated heterocycles. The van der Waals surface area contributed by atoms with Crippen LogP contribution in [0.25, 0.3) is 0 Å². The number of aryl methyl sites for hydroxylation is 1. The lowest BCUT2D eigenvalue weighted by molar-refractivity contribution is -0.384. The Hall–Kier alpha value is -2.76. The predicted octanol–water partition coefficient (Wildman–Crippen LogP) is 3.32. The lowest BCUT2D eigenvalue weighted by Crippen LogP contribution is -2.27. The molecule has 0 spiro atoms. The number of amides is 1. The van der Waals surface area contributed by atoms with Gasteiger partial charge in [0.1, 0.15) is 5.82 Å². The number of nitrogens with zero attached hydrogens (tertiary/aromatic N) is 2. The van der Waals surface area contributed by atoms with E-state index in [1.807, 2.05) is 19.1 Å². The van der Waals surface area contributed by atoms with Crippen molar-refractivity contribution in [1.29, 1.82) is 0 Å². The summed E-state index contributed by atoms with van der Waals surface area (Å²) in [5.41, 5.74) is 0.820. The van der Waals surface area contributed by atoms with E-state index >= 15 is 0 Å². The van der Waals surface area contributed by atoms with E-state index in [1.54, 1.807) is 12.1 Å². The fraction of sp³-hybridized carbons (Fsp3) is 0.133. The van der Waals surface area contributed by atoms with E-state index in [0.29, 0.717) is 5.69 Å². The highest BCUT2D eigenvalue weighted by molar-refractivity contribution is 6.06. The Bertz CT molecular complexity index is 716. The highest BCUT2D eigenvalue weighted by Gasteiger charge is 2.21. The van der Waals surface area contributed by atoms with Gasteiger partial charge in [0, 0.05) is 24.9 Å². The Balaban J connectivity index is 2.42. The van der Waals surface area contributed by atoms with Gasteiger partial charge in [-0.3, -0.25) is 14.9 Å². The normalized spacial score (nSPS) is 10.2. The van der Waals surface area contributed by atoms with Gasteiger partial charge in [-0.05, 0) is 24.6 Å². The monoisotopic (exact) mass is 288 g/mol. The van der Waals surface area contributed by atoms with E-state index in [1.165, 1.54) is 11.9 Å². The highest BCUT2D eigenvalue weighted by Crippen LogP contribution is 2.23. The molecule has 1 amide bonds. The van der Waals surface area contributed by atoms with Crippen molar-refractivity contribution in [2.45, 2.75) is 6.92 Å². The number of hydrogen-bond acceptors (Lipinski definition) is 3. The number of anilines is 1. The molecule has 0 N–H and O–H groups in total. The molecule has 2 rings (SSSR count). The van der Waals surface area contributed by atoms with Gasteiger partial charge in [-0.2, -0.15) is 0 Å². The predicted molar refractivity (Wildman–Crippen MR) is 77.0 cm³/mol. The van der Waals surface area contributed by atoms with Crippen molar-refractivity contribution >= 4 is 17.3 Å². The van der Waals surface area contributed by atoms with Crippen molar-refractivity contribution < 1.29 is 14.1 Å². The highest BCUT2D eigenvalue weighted by atomic mass is 19.1. The Morgan fingerprint density at radius 1 is 1.24 bits per heavy atom. The van der Waals surface area contributed by atoms with Crippen LogP contribution < -0.4 is 4.90 Å². The molecule has 0 aliphatic carbocycles. The number of benzene rings is 2. The topological polar surface area (TPSA) is 63.5 Å². The summed E-state index contributed by atoms with van der Waals surface area (Å²) >= 11 is 0. The van der Waals surface area contributed by atoms with Crippen molar-refractivity contribution in [3.05, 3.63) is 69.5 Å². The number of para-hydroxylation sites is 1. The van der Waals surface area contributed by atoms with Crippen LogP contribution in [0.2, 0.25) is 0 Å². The number of non-ortho nitro benzene ring substituents is 1. The van der Waals surface area contributed by atoms with Crippen LogP contribution in [-0.2, 0) is 0 Å². The maximum Gasteiger partial charge on any atom is 0.270 e. The quantitative estimate of drug-likeness (QED) is 0.643. The molecular formula is C15H13FN2O3. The maximum absolute atomic E-state index is 13.8. The summed E-state index contributed by atoms with van der Waals surface area (Å²) in [6.45, 7) is 1.82. The molecule has 0 heterocycles. The standard InChI is InChI=1S/C15H13FN2O3/c1-10-5-3-4-6-14(10)17(2)15(19)12-9-11(18(20)21)7-8-13(12)16/h3-9H,1-2H3. The zero-order chi connectivity index (χ0) is 15.6. The molecular weight excluding hydrogens is 275 g/mol. The van der Waals surface area contributed by atoms with Gasteiger partial charge in [0.15, 0.2) is 0 Å². The first kappa shape index (κ1) is 14.6. The number of nitro benzene ring substituents is 1. The molecule has 0 aliphatic heterocycles. The molecule has 0 unspecified atom stereocenters. The summed E-state index contributed by atoms with van der Waals surface area (Å²) in [7, 11) is 1.50. The molecule has 5 nitrogen and oxygen atoms in total. The van der Waals surface area contributed by atoms with Gasteiger partial charge in [-0.25, -0.2) is 4.39 Å². The molecule has 108 valence electrons. The molecule has 0 aliphatic rings. The minimum Gasteiger partial charge on any atom is -0.311 e. The summed E-state index contributed by atoms with van der Waals surface area (Å²) in [6, 6.07) is 10.0. The molecule has 2 aromatic carbocycles. The molecule has 0 saturated carbocycles. The van der Waals surface area contributed by atoms with Gasteiger partial charge in [0.25, 0.3) is 11.6 Å².